The highest BCUT2D eigenvalue weighted by Crippen LogP contribution is 2.12. The molecule has 8 heteroatoms. The Morgan fingerprint density at radius 2 is 2.17 bits per heavy atom. The van der Waals surface area contributed by atoms with Crippen LogP contribution in [0.25, 0.3) is 0 Å². The van der Waals surface area contributed by atoms with Gasteiger partial charge in [-0.1, -0.05) is 0 Å². The number of aliphatic imine (C=N–C) groups is 1. The van der Waals surface area contributed by atoms with Crippen molar-refractivity contribution in [3.8, 4) is 5.88 Å². The lowest BCUT2D eigenvalue weighted by molar-refractivity contribution is 0.253. The summed E-state index contributed by atoms with van der Waals surface area (Å²) in [4.78, 5) is 12.9. The second-order valence-corrected chi connectivity index (χ2v) is 6.65. The first-order valence-electron chi connectivity index (χ1n) is 7.50. The molecular formula is C15H26IN5OS. The topological polar surface area (TPSA) is 67.0 Å². The standard InChI is InChI=1S/C15H25N5OS.HI/c1-19(2)5-8-21-14-11-13(3-4-17-14)12-18-15(16)20-6-9-22-10-7-20;/h3-4,11H,5-10,12H2,1-2H3,(H2,16,18);1H. The van der Waals surface area contributed by atoms with Gasteiger partial charge in [-0.05, 0) is 25.7 Å². The molecule has 2 heterocycles. The molecule has 130 valence electrons. The highest BCUT2D eigenvalue weighted by molar-refractivity contribution is 14.0. The van der Waals surface area contributed by atoms with Crippen LogP contribution in [0.5, 0.6) is 5.88 Å². The van der Waals surface area contributed by atoms with E-state index in [9.17, 15) is 0 Å². The summed E-state index contributed by atoms with van der Waals surface area (Å²) in [5.41, 5.74) is 7.12. The smallest absolute Gasteiger partial charge is 0.213 e. The molecule has 0 bridgehead atoms. The van der Waals surface area contributed by atoms with Crippen LogP contribution >= 0.6 is 35.7 Å². The van der Waals surface area contributed by atoms with Crippen LogP contribution in [0.1, 0.15) is 5.56 Å². The van der Waals surface area contributed by atoms with Crippen LogP contribution in [0, 0.1) is 0 Å². The quantitative estimate of drug-likeness (QED) is 0.402. The first kappa shape index (κ1) is 20.3. The summed E-state index contributed by atoms with van der Waals surface area (Å²) in [5, 5.41) is 0. The van der Waals surface area contributed by atoms with Gasteiger partial charge in [0.05, 0.1) is 6.54 Å². The normalized spacial score (nSPS) is 15.4. The van der Waals surface area contributed by atoms with Crippen molar-refractivity contribution in [1.29, 1.82) is 0 Å². The van der Waals surface area contributed by atoms with Gasteiger partial charge >= 0.3 is 0 Å². The van der Waals surface area contributed by atoms with Crippen molar-refractivity contribution in [2.45, 2.75) is 6.54 Å². The van der Waals surface area contributed by atoms with Crippen molar-refractivity contribution < 1.29 is 4.74 Å². The maximum atomic E-state index is 6.06. The number of ether oxygens (including phenoxy) is 1. The third kappa shape index (κ3) is 7.58. The molecule has 2 rings (SSSR count). The predicted molar refractivity (Wildman–Crippen MR) is 108 cm³/mol. The van der Waals surface area contributed by atoms with Crippen molar-refractivity contribution in [3.05, 3.63) is 23.9 Å². The molecule has 0 aliphatic carbocycles. The first-order valence-corrected chi connectivity index (χ1v) is 8.65. The van der Waals surface area contributed by atoms with Crippen LogP contribution in [0.2, 0.25) is 0 Å². The summed E-state index contributed by atoms with van der Waals surface area (Å²) < 4.78 is 5.63. The molecule has 1 aromatic rings. The fourth-order valence-electron chi connectivity index (χ4n) is 2.03. The Kier molecular flexibility index (Phi) is 9.65. The first-order chi connectivity index (χ1) is 10.6. The number of pyridine rings is 1. The molecule has 0 spiro atoms. The van der Waals surface area contributed by atoms with Gasteiger partial charge in [-0.25, -0.2) is 9.98 Å². The van der Waals surface area contributed by atoms with Crippen LogP contribution in [-0.2, 0) is 6.54 Å². The summed E-state index contributed by atoms with van der Waals surface area (Å²) in [6, 6.07) is 3.88. The van der Waals surface area contributed by atoms with E-state index in [2.05, 4.69) is 19.8 Å². The molecule has 0 saturated carbocycles. The highest BCUT2D eigenvalue weighted by Gasteiger charge is 2.11. The Hall–Kier alpha value is -0.740. The highest BCUT2D eigenvalue weighted by atomic mass is 127. The van der Waals surface area contributed by atoms with Gasteiger partial charge in [-0.3, -0.25) is 0 Å². The van der Waals surface area contributed by atoms with Crippen molar-refractivity contribution in [2.75, 3.05) is 51.8 Å². The largest absolute Gasteiger partial charge is 0.476 e. The fraction of sp³-hybridized carbons (Fsp3) is 0.600. The lowest BCUT2D eigenvalue weighted by atomic mass is 10.3. The SMILES string of the molecule is CN(C)CCOc1cc(CN=C(N)N2CCSCC2)ccn1.I. The average Bonchev–Trinajstić information content (AvgIpc) is 2.53. The Balaban J connectivity index is 0.00000264. The van der Waals surface area contributed by atoms with E-state index in [-0.39, 0.29) is 24.0 Å². The van der Waals surface area contributed by atoms with Crippen LogP contribution < -0.4 is 10.5 Å². The van der Waals surface area contributed by atoms with Gasteiger partial charge in [0.25, 0.3) is 0 Å². The molecule has 6 nitrogen and oxygen atoms in total. The van der Waals surface area contributed by atoms with E-state index < -0.39 is 0 Å². The van der Waals surface area contributed by atoms with E-state index in [0.717, 1.165) is 36.7 Å². The van der Waals surface area contributed by atoms with E-state index in [4.69, 9.17) is 10.5 Å². The minimum atomic E-state index is 0. The molecule has 2 N–H and O–H groups in total. The Labute approximate surface area is 159 Å². The number of nitrogens with zero attached hydrogens (tertiary/aromatic N) is 4. The van der Waals surface area contributed by atoms with E-state index in [1.54, 1.807) is 6.20 Å². The third-order valence-electron chi connectivity index (χ3n) is 3.35. The fourth-order valence-corrected chi connectivity index (χ4v) is 2.93. The van der Waals surface area contributed by atoms with E-state index in [0.29, 0.717) is 25.0 Å². The summed E-state index contributed by atoms with van der Waals surface area (Å²) >= 11 is 1.96. The number of thioether (sulfide) groups is 1. The van der Waals surface area contributed by atoms with Crippen LogP contribution in [-0.4, -0.2) is 72.6 Å². The third-order valence-corrected chi connectivity index (χ3v) is 4.29. The zero-order chi connectivity index (χ0) is 15.8. The molecule has 1 aliphatic heterocycles. The molecule has 1 aromatic heterocycles. The number of hydrogen-bond donors (Lipinski definition) is 1. The van der Waals surface area contributed by atoms with E-state index in [1.807, 2.05) is 38.0 Å². The van der Waals surface area contributed by atoms with Crippen molar-refractivity contribution in [2.24, 2.45) is 10.7 Å². The number of halogens is 1. The van der Waals surface area contributed by atoms with Crippen molar-refractivity contribution in [1.82, 2.24) is 14.8 Å². The number of rotatable bonds is 6. The van der Waals surface area contributed by atoms with Gasteiger partial charge in [-0.2, -0.15) is 11.8 Å². The summed E-state index contributed by atoms with van der Waals surface area (Å²) in [6.45, 7) is 4.01. The number of aromatic nitrogens is 1. The van der Waals surface area contributed by atoms with Crippen LogP contribution in [0.15, 0.2) is 23.3 Å². The van der Waals surface area contributed by atoms with Gasteiger partial charge < -0.3 is 20.3 Å². The maximum absolute atomic E-state index is 6.06. The molecular weight excluding hydrogens is 425 g/mol. The second kappa shape index (κ2) is 10.9. The maximum Gasteiger partial charge on any atom is 0.213 e. The van der Waals surface area contributed by atoms with Crippen molar-refractivity contribution >= 4 is 41.7 Å². The summed E-state index contributed by atoms with van der Waals surface area (Å²) in [5.74, 6) is 3.51. The minimum Gasteiger partial charge on any atom is -0.476 e. The summed E-state index contributed by atoms with van der Waals surface area (Å²) in [7, 11) is 4.04. The number of guanidine groups is 1. The average molecular weight is 451 g/mol. The van der Waals surface area contributed by atoms with Crippen molar-refractivity contribution in [3.63, 3.8) is 0 Å². The molecule has 23 heavy (non-hydrogen) atoms. The van der Waals surface area contributed by atoms with Gasteiger partial charge in [-0.15, -0.1) is 24.0 Å². The summed E-state index contributed by atoms with van der Waals surface area (Å²) in [6.07, 6.45) is 1.75. The van der Waals surface area contributed by atoms with Gasteiger partial charge in [0.2, 0.25) is 5.88 Å². The van der Waals surface area contributed by atoms with E-state index in [1.165, 1.54) is 0 Å². The zero-order valence-electron chi connectivity index (χ0n) is 13.8. The number of hydrogen-bond acceptors (Lipinski definition) is 5. The molecule has 0 amide bonds. The van der Waals surface area contributed by atoms with Gasteiger partial charge in [0.15, 0.2) is 5.96 Å². The number of nitrogens with two attached hydrogens (primary N) is 1. The predicted octanol–water partition coefficient (Wildman–Crippen LogP) is 1.50. The lowest BCUT2D eigenvalue weighted by Crippen LogP contribution is -2.42. The Morgan fingerprint density at radius 3 is 2.87 bits per heavy atom. The second-order valence-electron chi connectivity index (χ2n) is 5.43. The Morgan fingerprint density at radius 1 is 1.43 bits per heavy atom. The molecule has 0 radical (unpaired) electrons. The van der Waals surface area contributed by atoms with Gasteiger partial charge in [0.1, 0.15) is 6.61 Å². The van der Waals surface area contributed by atoms with Gasteiger partial charge in [0, 0.05) is 43.4 Å². The minimum absolute atomic E-state index is 0. The molecule has 1 fully saturated rings. The lowest BCUT2D eigenvalue weighted by Gasteiger charge is -2.27. The molecule has 1 saturated heterocycles. The molecule has 0 aromatic carbocycles. The van der Waals surface area contributed by atoms with Crippen LogP contribution in [0.3, 0.4) is 0 Å². The zero-order valence-corrected chi connectivity index (χ0v) is 16.9. The number of likely N-dealkylation sites (N-methyl/N-ethyl adjacent to an activating group) is 1. The monoisotopic (exact) mass is 451 g/mol. The molecule has 0 atom stereocenters. The molecule has 1 aliphatic rings. The van der Waals surface area contributed by atoms with Crippen LogP contribution in [0.4, 0.5) is 0 Å². The van der Waals surface area contributed by atoms with E-state index >= 15 is 0 Å². The molecule has 0 unspecified atom stereocenters. The Bertz CT molecular complexity index is 495.